The monoisotopic (exact) mass is 493 g/mol. The van der Waals surface area contributed by atoms with Crippen LogP contribution in [-0.2, 0) is 22.6 Å². The van der Waals surface area contributed by atoms with Gasteiger partial charge in [0, 0.05) is 36.9 Å². The topological polar surface area (TPSA) is 61.9 Å². The second kappa shape index (κ2) is 13.7. The number of anilines is 1. The van der Waals surface area contributed by atoms with Crippen LogP contribution in [0.1, 0.15) is 34.9 Å². The van der Waals surface area contributed by atoms with Crippen molar-refractivity contribution in [3.8, 4) is 0 Å². The zero-order valence-electron chi connectivity index (χ0n) is 20.8. The van der Waals surface area contributed by atoms with E-state index >= 15 is 0 Å². The summed E-state index contributed by atoms with van der Waals surface area (Å²) < 4.78 is 5.46. The fourth-order valence-corrected chi connectivity index (χ4v) is 4.62. The summed E-state index contributed by atoms with van der Waals surface area (Å²) in [6, 6.07) is 19.4. The van der Waals surface area contributed by atoms with Crippen molar-refractivity contribution in [2.45, 2.75) is 40.3 Å². The Bertz CT molecular complexity index is 1080. The van der Waals surface area contributed by atoms with Gasteiger partial charge in [-0.25, -0.2) is 4.79 Å². The van der Waals surface area contributed by atoms with Gasteiger partial charge in [0.25, 0.3) is 0 Å². The molecule has 1 heterocycles. The molecule has 0 spiro atoms. The molecule has 186 valence electrons. The zero-order valence-corrected chi connectivity index (χ0v) is 21.6. The molecule has 3 amide bonds. The van der Waals surface area contributed by atoms with E-state index in [1.165, 1.54) is 5.56 Å². The van der Waals surface area contributed by atoms with Crippen LogP contribution < -0.4 is 5.32 Å². The van der Waals surface area contributed by atoms with Crippen LogP contribution in [0.4, 0.5) is 10.5 Å². The average Bonchev–Trinajstić information content (AvgIpc) is 3.26. The Labute approximate surface area is 212 Å². The number of hydrogen-bond acceptors (Lipinski definition) is 4. The van der Waals surface area contributed by atoms with Crippen molar-refractivity contribution in [3.63, 3.8) is 0 Å². The van der Waals surface area contributed by atoms with Crippen LogP contribution in [0.15, 0.2) is 66.0 Å². The first-order valence-electron chi connectivity index (χ1n) is 12.0. The molecule has 0 atom stereocenters. The molecule has 0 radical (unpaired) electrons. The molecule has 0 aliphatic carbocycles. The van der Waals surface area contributed by atoms with Crippen LogP contribution in [0.25, 0.3) is 0 Å². The Kier molecular flexibility index (Phi) is 10.3. The van der Waals surface area contributed by atoms with E-state index in [2.05, 4.69) is 18.3 Å². The number of nitrogens with zero attached hydrogens (tertiary/aromatic N) is 2. The molecule has 0 fully saturated rings. The first-order chi connectivity index (χ1) is 17.0. The summed E-state index contributed by atoms with van der Waals surface area (Å²) in [7, 11) is 0. The SMILES string of the molecule is CCOCCCN(CC(=O)N(Cc1ccccc1)Cc1sccc1C)C(=O)Nc1ccccc1C. The Morgan fingerprint density at radius 2 is 1.66 bits per heavy atom. The van der Waals surface area contributed by atoms with Crippen molar-refractivity contribution >= 4 is 29.0 Å². The van der Waals surface area contributed by atoms with Gasteiger partial charge < -0.3 is 19.9 Å². The third kappa shape index (κ3) is 8.23. The van der Waals surface area contributed by atoms with E-state index in [1.807, 2.05) is 78.7 Å². The maximum absolute atomic E-state index is 13.6. The molecule has 0 aliphatic rings. The Balaban J connectivity index is 1.76. The lowest BCUT2D eigenvalue weighted by atomic mass is 10.2. The molecule has 0 aliphatic heterocycles. The van der Waals surface area contributed by atoms with Gasteiger partial charge in [-0.05, 0) is 61.4 Å². The summed E-state index contributed by atoms with van der Waals surface area (Å²) in [5.41, 5.74) is 3.95. The van der Waals surface area contributed by atoms with Crippen LogP contribution in [0.3, 0.4) is 0 Å². The van der Waals surface area contributed by atoms with Gasteiger partial charge in [-0.2, -0.15) is 0 Å². The summed E-state index contributed by atoms with van der Waals surface area (Å²) in [5.74, 6) is -0.0852. The third-order valence-electron chi connectivity index (χ3n) is 5.79. The van der Waals surface area contributed by atoms with Crippen LogP contribution in [0.5, 0.6) is 0 Å². The maximum Gasteiger partial charge on any atom is 0.322 e. The van der Waals surface area contributed by atoms with Crippen molar-refractivity contribution in [2.75, 3.05) is 31.6 Å². The number of rotatable bonds is 12. The number of urea groups is 1. The first-order valence-corrected chi connectivity index (χ1v) is 12.9. The lowest BCUT2D eigenvalue weighted by molar-refractivity contribution is -0.133. The molecule has 1 aromatic heterocycles. The van der Waals surface area contributed by atoms with E-state index in [4.69, 9.17) is 4.74 Å². The third-order valence-corrected chi connectivity index (χ3v) is 6.80. The molecule has 6 nitrogen and oxygen atoms in total. The fraction of sp³-hybridized carbons (Fsp3) is 0.357. The van der Waals surface area contributed by atoms with Gasteiger partial charge >= 0.3 is 6.03 Å². The molecular weight excluding hydrogens is 458 g/mol. The predicted molar refractivity (Wildman–Crippen MR) is 143 cm³/mol. The highest BCUT2D eigenvalue weighted by molar-refractivity contribution is 7.10. The highest BCUT2D eigenvalue weighted by Crippen LogP contribution is 2.20. The van der Waals surface area contributed by atoms with Crippen LogP contribution >= 0.6 is 11.3 Å². The summed E-state index contributed by atoms with van der Waals surface area (Å²) in [6.45, 7) is 8.56. The lowest BCUT2D eigenvalue weighted by Crippen LogP contribution is -2.44. The number of ether oxygens (including phenoxy) is 1. The largest absolute Gasteiger partial charge is 0.382 e. The Morgan fingerprint density at radius 3 is 2.34 bits per heavy atom. The molecule has 0 unspecified atom stereocenters. The molecule has 0 bridgehead atoms. The molecule has 3 aromatic rings. The highest BCUT2D eigenvalue weighted by Gasteiger charge is 2.23. The van der Waals surface area contributed by atoms with Gasteiger partial charge in [-0.3, -0.25) is 4.79 Å². The number of carbonyl (C=O) groups excluding carboxylic acids is 2. The van der Waals surface area contributed by atoms with E-state index < -0.39 is 0 Å². The summed E-state index contributed by atoms with van der Waals surface area (Å²) >= 11 is 1.65. The van der Waals surface area contributed by atoms with E-state index in [9.17, 15) is 9.59 Å². The van der Waals surface area contributed by atoms with Crippen LogP contribution in [0.2, 0.25) is 0 Å². The lowest BCUT2D eigenvalue weighted by Gasteiger charge is -2.28. The number of benzene rings is 2. The van der Waals surface area contributed by atoms with Crippen molar-refractivity contribution in [2.24, 2.45) is 0 Å². The molecule has 0 saturated heterocycles. The Hall–Kier alpha value is -3.16. The average molecular weight is 494 g/mol. The maximum atomic E-state index is 13.6. The van der Waals surface area contributed by atoms with Gasteiger partial charge in [0.2, 0.25) is 5.91 Å². The van der Waals surface area contributed by atoms with E-state index in [-0.39, 0.29) is 18.5 Å². The van der Waals surface area contributed by atoms with Gasteiger partial charge in [0.1, 0.15) is 6.54 Å². The minimum absolute atomic E-state index is 0.00109. The van der Waals surface area contributed by atoms with Crippen molar-refractivity contribution in [1.29, 1.82) is 0 Å². The van der Waals surface area contributed by atoms with Crippen molar-refractivity contribution in [1.82, 2.24) is 9.80 Å². The minimum Gasteiger partial charge on any atom is -0.382 e. The number of aryl methyl sites for hydroxylation is 2. The second-order valence-corrected chi connectivity index (χ2v) is 9.48. The smallest absolute Gasteiger partial charge is 0.322 e. The van der Waals surface area contributed by atoms with E-state index in [1.54, 1.807) is 16.2 Å². The van der Waals surface area contributed by atoms with Gasteiger partial charge in [-0.15, -0.1) is 11.3 Å². The van der Waals surface area contributed by atoms with Gasteiger partial charge in [0.15, 0.2) is 0 Å². The van der Waals surface area contributed by atoms with Crippen molar-refractivity contribution < 1.29 is 14.3 Å². The molecule has 7 heteroatoms. The number of hydrogen-bond donors (Lipinski definition) is 1. The number of nitrogens with one attached hydrogen (secondary N) is 1. The van der Waals surface area contributed by atoms with Crippen LogP contribution in [-0.4, -0.2) is 48.0 Å². The molecule has 0 saturated carbocycles. The summed E-state index contributed by atoms with van der Waals surface area (Å²) in [6.07, 6.45) is 0.658. The number of carbonyl (C=O) groups is 2. The predicted octanol–water partition coefficient (Wildman–Crippen LogP) is 5.85. The normalized spacial score (nSPS) is 10.7. The zero-order chi connectivity index (χ0) is 25.0. The standard InChI is InChI=1S/C28H35N3O3S/c1-4-34-17-10-16-30(28(33)29-25-14-9-8-11-22(25)2)21-27(32)31(19-24-12-6-5-7-13-24)20-26-23(3)15-18-35-26/h5-9,11-15,18H,4,10,16-17,19-21H2,1-3H3,(H,29,33). The van der Waals surface area contributed by atoms with Gasteiger partial charge in [-0.1, -0.05) is 48.5 Å². The molecule has 2 aromatic carbocycles. The summed E-state index contributed by atoms with van der Waals surface area (Å²) in [5, 5.41) is 5.02. The Morgan fingerprint density at radius 1 is 0.914 bits per heavy atom. The molecular formula is C28H35N3O3S. The number of amides is 3. The molecule has 3 rings (SSSR count). The highest BCUT2D eigenvalue weighted by atomic mass is 32.1. The number of thiophene rings is 1. The van der Waals surface area contributed by atoms with E-state index in [0.29, 0.717) is 39.3 Å². The summed E-state index contributed by atoms with van der Waals surface area (Å²) in [4.78, 5) is 31.4. The molecule has 1 N–H and O–H groups in total. The minimum atomic E-state index is -0.281. The second-order valence-electron chi connectivity index (χ2n) is 8.48. The molecule has 35 heavy (non-hydrogen) atoms. The quantitative estimate of drug-likeness (QED) is 0.322. The van der Waals surface area contributed by atoms with Crippen molar-refractivity contribution in [3.05, 3.63) is 87.6 Å². The fourth-order valence-electron chi connectivity index (χ4n) is 3.70. The van der Waals surface area contributed by atoms with Gasteiger partial charge in [0.05, 0.1) is 6.54 Å². The number of para-hydroxylation sites is 1. The van der Waals surface area contributed by atoms with E-state index in [0.717, 1.165) is 21.7 Å². The first kappa shape index (κ1) is 26.4. The van der Waals surface area contributed by atoms with Crippen LogP contribution in [0, 0.1) is 13.8 Å².